The van der Waals surface area contributed by atoms with Gasteiger partial charge in [0.15, 0.2) is 0 Å². The van der Waals surface area contributed by atoms with Crippen molar-refractivity contribution in [3.8, 4) is 11.5 Å². The van der Waals surface area contributed by atoms with Crippen LogP contribution < -0.4 is 14.8 Å². The van der Waals surface area contributed by atoms with Crippen molar-refractivity contribution >= 4 is 17.5 Å². The summed E-state index contributed by atoms with van der Waals surface area (Å²) in [6, 6.07) is 12.8. The normalized spacial score (nSPS) is 11.7. The van der Waals surface area contributed by atoms with Crippen LogP contribution in [0.2, 0.25) is 5.02 Å². The molecule has 1 atom stereocenters. The van der Waals surface area contributed by atoms with Crippen molar-refractivity contribution < 1.29 is 14.3 Å². The number of aryl methyl sites for hydroxylation is 2. The number of ether oxygens (including phenoxy) is 2. The van der Waals surface area contributed by atoms with Gasteiger partial charge in [0.05, 0.1) is 13.7 Å². The number of amides is 1. The van der Waals surface area contributed by atoms with Crippen LogP contribution in [0.3, 0.4) is 0 Å². The number of nitrogens with zero attached hydrogens (tertiary/aromatic N) is 2. The van der Waals surface area contributed by atoms with Crippen molar-refractivity contribution in [2.24, 2.45) is 7.05 Å². The predicted octanol–water partition coefficient (Wildman–Crippen LogP) is 4.46. The third kappa shape index (κ3) is 5.54. The first-order chi connectivity index (χ1) is 14.5. The second kappa shape index (κ2) is 10.2. The molecule has 0 radical (unpaired) electrons. The van der Waals surface area contributed by atoms with Crippen molar-refractivity contribution in [3.05, 3.63) is 76.8 Å². The van der Waals surface area contributed by atoms with Crippen LogP contribution in [0.1, 0.15) is 35.8 Å². The first kappa shape index (κ1) is 21.7. The van der Waals surface area contributed by atoms with Crippen LogP contribution >= 0.6 is 11.6 Å². The van der Waals surface area contributed by atoms with Crippen LogP contribution in [-0.2, 0) is 11.8 Å². The van der Waals surface area contributed by atoms with Gasteiger partial charge in [0, 0.05) is 30.9 Å². The van der Waals surface area contributed by atoms with E-state index >= 15 is 0 Å². The Labute approximate surface area is 181 Å². The average Bonchev–Trinajstić information content (AvgIpc) is 3.17. The summed E-state index contributed by atoms with van der Waals surface area (Å²) in [6.45, 7) is 2.38. The third-order valence-electron chi connectivity index (χ3n) is 4.82. The maximum atomic E-state index is 12.6. The molecule has 158 valence electrons. The second-order valence-corrected chi connectivity index (χ2v) is 7.44. The highest BCUT2D eigenvalue weighted by Gasteiger charge is 2.20. The minimum atomic E-state index is -0.344. The zero-order valence-corrected chi connectivity index (χ0v) is 18.1. The molecule has 0 bridgehead atoms. The van der Waals surface area contributed by atoms with Crippen molar-refractivity contribution in [1.29, 1.82) is 0 Å². The number of aromatic nitrogens is 2. The fraction of sp³-hybridized carbons (Fsp3) is 0.304. The van der Waals surface area contributed by atoms with Crippen molar-refractivity contribution in [2.45, 2.75) is 25.8 Å². The van der Waals surface area contributed by atoms with E-state index in [0.717, 1.165) is 28.5 Å². The minimum absolute atomic E-state index is 0.0605. The zero-order valence-electron chi connectivity index (χ0n) is 17.4. The molecule has 2 aromatic carbocycles. The van der Waals surface area contributed by atoms with E-state index in [2.05, 4.69) is 10.3 Å². The Morgan fingerprint density at radius 1 is 1.20 bits per heavy atom. The van der Waals surface area contributed by atoms with Crippen LogP contribution in [0.25, 0.3) is 0 Å². The summed E-state index contributed by atoms with van der Waals surface area (Å²) in [7, 11) is 3.54. The number of hydrogen-bond donors (Lipinski definition) is 1. The van der Waals surface area contributed by atoms with Crippen LogP contribution in [0.5, 0.6) is 11.5 Å². The van der Waals surface area contributed by atoms with E-state index in [4.69, 9.17) is 21.1 Å². The first-order valence-electron chi connectivity index (χ1n) is 9.77. The number of carbonyl (C=O) groups excluding carboxylic acids is 1. The van der Waals surface area contributed by atoms with E-state index in [1.807, 2.05) is 67.2 Å². The molecule has 0 aliphatic heterocycles. The summed E-state index contributed by atoms with van der Waals surface area (Å²) >= 11 is 6.03. The van der Waals surface area contributed by atoms with Gasteiger partial charge in [-0.05, 0) is 54.8 Å². The number of hydrogen-bond acceptors (Lipinski definition) is 4. The lowest BCUT2D eigenvalue weighted by Gasteiger charge is -2.19. The molecule has 1 amide bonds. The topological polar surface area (TPSA) is 65.4 Å². The third-order valence-corrected chi connectivity index (χ3v) is 5.24. The van der Waals surface area contributed by atoms with E-state index in [-0.39, 0.29) is 11.9 Å². The largest absolute Gasteiger partial charge is 0.497 e. The van der Waals surface area contributed by atoms with E-state index in [1.165, 1.54) is 0 Å². The highest BCUT2D eigenvalue weighted by atomic mass is 35.5. The van der Waals surface area contributed by atoms with Gasteiger partial charge in [-0.15, -0.1) is 0 Å². The fourth-order valence-corrected chi connectivity index (χ4v) is 3.23. The van der Waals surface area contributed by atoms with Gasteiger partial charge in [-0.2, -0.15) is 0 Å². The number of carbonyl (C=O) groups is 1. The number of benzene rings is 2. The molecule has 1 unspecified atom stereocenters. The number of halogens is 1. The van der Waals surface area contributed by atoms with Crippen molar-refractivity contribution in [3.63, 3.8) is 0 Å². The van der Waals surface area contributed by atoms with Gasteiger partial charge in [-0.1, -0.05) is 23.7 Å². The monoisotopic (exact) mass is 427 g/mol. The molecular formula is C23H26ClN3O3. The standard InChI is InChI=1S/C23H26ClN3O3/c1-16-15-19(10-11-20(16)24)30-14-4-5-21(28)26-22(23-25-12-13-27(23)2)17-6-8-18(29-3)9-7-17/h6-13,15,22H,4-5,14H2,1-3H3,(H,26,28). The van der Waals surface area contributed by atoms with Crippen LogP contribution in [0.4, 0.5) is 0 Å². The zero-order chi connectivity index (χ0) is 21.5. The molecule has 0 aliphatic carbocycles. The van der Waals surface area contributed by atoms with Crippen LogP contribution in [0, 0.1) is 6.92 Å². The Hall–Kier alpha value is -2.99. The molecule has 0 fully saturated rings. The summed E-state index contributed by atoms with van der Waals surface area (Å²) in [5, 5.41) is 3.80. The molecule has 1 N–H and O–H groups in total. The van der Waals surface area contributed by atoms with E-state index in [1.54, 1.807) is 13.3 Å². The second-order valence-electron chi connectivity index (χ2n) is 7.03. The number of methoxy groups -OCH3 is 1. The molecule has 0 saturated carbocycles. The molecule has 1 heterocycles. The summed E-state index contributed by atoms with van der Waals surface area (Å²) in [4.78, 5) is 17.0. The van der Waals surface area contributed by atoms with Crippen molar-refractivity contribution in [2.75, 3.05) is 13.7 Å². The van der Waals surface area contributed by atoms with Crippen molar-refractivity contribution in [1.82, 2.24) is 14.9 Å². The molecule has 30 heavy (non-hydrogen) atoms. The lowest BCUT2D eigenvalue weighted by molar-refractivity contribution is -0.121. The molecule has 3 aromatic rings. The number of rotatable bonds is 9. The molecule has 0 aliphatic rings. The van der Waals surface area contributed by atoms with E-state index < -0.39 is 0 Å². The Morgan fingerprint density at radius 2 is 1.93 bits per heavy atom. The predicted molar refractivity (Wildman–Crippen MR) is 117 cm³/mol. The highest BCUT2D eigenvalue weighted by molar-refractivity contribution is 6.31. The summed E-state index contributed by atoms with van der Waals surface area (Å²) < 4.78 is 12.9. The van der Waals surface area contributed by atoms with Gasteiger partial charge < -0.3 is 19.4 Å². The van der Waals surface area contributed by atoms with E-state index in [0.29, 0.717) is 24.5 Å². The molecule has 7 heteroatoms. The summed E-state index contributed by atoms with van der Waals surface area (Å²) in [6.07, 6.45) is 4.53. The Morgan fingerprint density at radius 3 is 2.57 bits per heavy atom. The molecule has 1 aromatic heterocycles. The Kier molecular flexibility index (Phi) is 7.36. The SMILES string of the molecule is COc1ccc(C(NC(=O)CCCOc2ccc(Cl)c(C)c2)c2nccn2C)cc1. The van der Waals surface area contributed by atoms with Gasteiger partial charge in [0.25, 0.3) is 0 Å². The minimum Gasteiger partial charge on any atom is -0.497 e. The van der Waals surface area contributed by atoms with Crippen LogP contribution in [0.15, 0.2) is 54.9 Å². The molecule has 0 spiro atoms. The molecule has 3 rings (SSSR count). The Bertz CT molecular complexity index is 986. The molecule has 0 saturated heterocycles. The number of nitrogens with one attached hydrogen (secondary N) is 1. The quantitative estimate of drug-likeness (QED) is 0.512. The van der Waals surface area contributed by atoms with Crippen LogP contribution in [-0.4, -0.2) is 29.2 Å². The highest BCUT2D eigenvalue weighted by Crippen LogP contribution is 2.24. The summed E-state index contributed by atoms with van der Waals surface area (Å²) in [5.74, 6) is 2.22. The fourth-order valence-electron chi connectivity index (χ4n) is 3.11. The van der Waals surface area contributed by atoms with Gasteiger partial charge in [0.2, 0.25) is 5.91 Å². The van der Waals surface area contributed by atoms with Gasteiger partial charge >= 0.3 is 0 Å². The smallest absolute Gasteiger partial charge is 0.220 e. The lowest BCUT2D eigenvalue weighted by atomic mass is 10.1. The first-order valence-corrected chi connectivity index (χ1v) is 10.1. The van der Waals surface area contributed by atoms with Gasteiger partial charge in [0.1, 0.15) is 23.4 Å². The maximum Gasteiger partial charge on any atom is 0.220 e. The lowest BCUT2D eigenvalue weighted by Crippen LogP contribution is -2.31. The van der Waals surface area contributed by atoms with E-state index in [9.17, 15) is 4.79 Å². The molecular weight excluding hydrogens is 402 g/mol. The van der Waals surface area contributed by atoms with Gasteiger partial charge in [-0.3, -0.25) is 4.79 Å². The summed E-state index contributed by atoms with van der Waals surface area (Å²) in [5.41, 5.74) is 1.90. The average molecular weight is 428 g/mol. The molecule has 6 nitrogen and oxygen atoms in total. The van der Waals surface area contributed by atoms with Gasteiger partial charge in [-0.25, -0.2) is 4.98 Å². The Balaban J connectivity index is 1.59. The maximum absolute atomic E-state index is 12.6. The number of imidazole rings is 1.